The van der Waals surface area contributed by atoms with E-state index in [0.717, 1.165) is 0 Å². The number of nitrogens with zero attached hydrogens (tertiary/aromatic N) is 1. The third kappa shape index (κ3) is 3.48. The van der Waals surface area contributed by atoms with Gasteiger partial charge >= 0.3 is 0 Å². The van der Waals surface area contributed by atoms with Crippen molar-refractivity contribution in [3.05, 3.63) is 45.7 Å². The van der Waals surface area contributed by atoms with Crippen molar-refractivity contribution in [1.82, 2.24) is 4.98 Å². The van der Waals surface area contributed by atoms with Gasteiger partial charge < -0.3 is 4.74 Å². The summed E-state index contributed by atoms with van der Waals surface area (Å²) in [6.07, 6.45) is 1.51. The Bertz CT molecular complexity index is 761. The lowest BCUT2D eigenvalue weighted by Crippen LogP contribution is -2.15. The van der Waals surface area contributed by atoms with Gasteiger partial charge in [0.1, 0.15) is 10.6 Å². The average molecular weight is 392 g/mol. The molecule has 112 valence electrons. The lowest BCUT2D eigenvalue weighted by atomic mass is 10.3. The fourth-order valence-corrected chi connectivity index (χ4v) is 3.85. The van der Waals surface area contributed by atoms with Gasteiger partial charge in [-0.25, -0.2) is 13.4 Å². The van der Waals surface area contributed by atoms with Crippen LogP contribution in [0.15, 0.2) is 39.8 Å². The molecule has 0 spiro atoms. The predicted molar refractivity (Wildman–Crippen MR) is 85.5 cm³/mol. The number of halogens is 2. The highest BCUT2D eigenvalue weighted by Gasteiger charge is 2.22. The number of sulfonamides is 1. The first-order valence-electron chi connectivity index (χ1n) is 5.82. The molecule has 0 radical (unpaired) electrons. The second-order valence-corrected chi connectivity index (χ2v) is 7.12. The van der Waals surface area contributed by atoms with Gasteiger partial charge in [0.15, 0.2) is 5.15 Å². The molecule has 0 bridgehead atoms. The van der Waals surface area contributed by atoms with Crippen LogP contribution in [0.1, 0.15) is 5.56 Å². The van der Waals surface area contributed by atoms with E-state index in [1.165, 1.54) is 19.4 Å². The van der Waals surface area contributed by atoms with Crippen LogP contribution in [-0.4, -0.2) is 20.5 Å². The molecule has 21 heavy (non-hydrogen) atoms. The van der Waals surface area contributed by atoms with Gasteiger partial charge in [0, 0.05) is 10.7 Å². The monoisotopic (exact) mass is 390 g/mol. The first-order valence-corrected chi connectivity index (χ1v) is 8.48. The van der Waals surface area contributed by atoms with Crippen molar-refractivity contribution in [2.45, 2.75) is 11.8 Å². The quantitative estimate of drug-likeness (QED) is 0.808. The molecule has 0 saturated carbocycles. The van der Waals surface area contributed by atoms with Crippen molar-refractivity contribution < 1.29 is 13.2 Å². The highest BCUT2D eigenvalue weighted by atomic mass is 79.9. The number of ether oxygens (including phenoxy) is 1. The maximum absolute atomic E-state index is 12.5. The number of rotatable bonds is 4. The van der Waals surface area contributed by atoms with Crippen molar-refractivity contribution in [2.75, 3.05) is 11.8 Å². The molecule has 0 fully saturated rings. The first kappa shape index (κ1) is 16.1. The number of nitrogens with one attached hydrogen (secondary N) is 1. The molecule has 5 nitrogen and oxygen atoms in total. The third-order valence-electron chi connectivity index (χ3n) is 2.76. The van der Waals surface area contributed by atoms with E-state index in [0.29, 0.717) is 10.0 Å². The molecule has 0 atom stereocenters. The van der Waals surface area contributed by atoms with Crippen LogP contribution in [0.2, 0.25) is 5.15 Å². The Morgan fingerprint density at radius 3 is 2.67 bits per heavy atom. The van der Waals surface area contributed by atoms with Crippen LogP contribution in [0.4, 0.5) is 5.69 Å². The van der Waals surface area contributed by atoms with Gasteiger partial charge in [0.25, 0.3) is 10.0 Å². The van der Waals surface area contributed by atoms with Crippen LogP contribution in [0.25, 0.3) is 0 Å². The molecule has 0 unspecified atom stereocenters. The molecule has 1 heterocycles. The van der Waals surface area contributed by atoms with E-state index in [4.69, 9.17) is 16.3 Å². The standard InChI is InChI=1S/C13H12BrClN2O3S/c1-8-5-6-16-13(15)12(8)17-21(18,19)11-7-9(14)3-4-10(11)20-2/h3-7,17H,1-2H3. The predicted octanol–water partition coefficient (Wildman–Crippen LogP) is 3.62. The number of methoxy groups -OCH3 is 1. The summed E-state index contributed by atoms with van der Waals surface area (Å²) in [7, 11) is -2.45. The zero-order chi connectivity index (χ0) is 15.6. The van der Waals surface area contributed by atoms with Crippen molar-refractivity contribution >= 4 is 43.2 Å². The van der Waals surface area contributed by atoms with Gasteiger partial charge in [0.2, 0.25) is 0 Å². The molecular weight excluding hydrogens is 380 g/mol. The van der Waals surface area contributed by atoms with Crippen LogP contribution in [0.5, 0.6) is 5.75 Å². The Morgan fingerprint density at radius 2 is 2.05 bits per heavy atom. The number of anilines is 1. The van der Waals surface area contributed by atoms with Gasteiger partial charge in [0.05, 0.1) is 12.8 Å². The minimum absolute atomic E-state index is 0.0127. The minimum atomic E-state index is -3.85. The van der Waals surface area contributed by atoms with Gasteiger partial charge in [-0.3, -0.25) is 4.72 Å². The molecular formula is C13H12BrClN2O3S. The van der Waals surface area contributed by atoms with E-state index in [2.05, 4.69) is 25.6 Å². The Labute approximate surface area is 136 Å². The summed E-state index contributed by atoms with van der Waals surface area (Å²) in [6, 6.07) is 6.39. The van der Waals surface area contributed by atoms with Crippen molar-refractivity contribution in [3.8, 4) is 5.75 Å². The fourth-order valence-electron chi connectivity index (χ4n) is 1.70. The smallest absolute Gasteiger partial charge is 0.265 e. The van der Waals surface area contributed by atoms with Crippen LogP contribution in [0.3, 0.4) is 0 Å². The van der Waals surface area contributed by atoms with Gasteiger partial charge in [-0.05, 0) is 36.8 Å². The normalized spacial score (nSPS) is 11.2. The van der Waals surface area contributed by atoms with E-state index >= 15 is 0 Å². The maximum Gasteiger partial charge on any atom is 0.265 e. The molecule has 1 N–H and O–H groups in total. The molecule has 1 aromatic carbocycles. The van der Waals surface area contributed by atoms with Crippen molar-refractivity contribution in [2.24, 2.45) is 0 Å². The first-order chi connectivity index (χ1) is 9.85. The lowest BCUT2D eigenvalue weighted by Gasteiger charge is -2.14. The van der Waals surface area contributed by atoms with E-state index in [1.54, 1.807) is 25.1 Å². The number of hydrogen-bond donors (Lipinski definition) is 1. The van der Waals surface area contributed by atoms with Crippen molar-refractivity contribution in [3.63, 3.8) is 0 Å². The van der Waals surface area contributed by atoms with Gasteiger partial charge in [-0.2, -0.15) is 0 Å². The summed E-state index contributed by atoms with van der Waals surface area (Å²) in [5.74, 6) is 0.239. The second kappa shape index (κ2) is 6.21. The molecule has 2 aromatic rings. The average Bonchev–Trinajstić information content (AvgIpc) is 2.43. The summed E-state index contributed by atoms with van der Waals surface area (Å²) >= 11 is 9.20. The van der Waals surface area contributed by atoms with Crippen LogP contribution < -0.4 is 9.46 Å². The summed E-state index contributed by atoms with van der Waals surface area (Å²) in [5, 5.41) is 0.0903. The lowest BCUT2D eigenvalue weighted by molar-refractivity contribution is 0.403. The van der Waals surface area contributed by atoms with Gasteiger partial charge in [-0.15, -0.1) is 0 Å². The molecule has 0 amide bonds. The van der Waals surface area contributed by atoms with Crippen LogP contribution >= 0.6 is 27.5 Å². The second-order valence-electron chi connectivity index (χ2n) is 4.19. The largest absolute Gasteiger partial charge is 0.495 e. The van der Waals surface area contributed by atoms with Crippen molar-refractivity contribution in [1.29, 1.82) is 0 Å². The van der Waals surface area contributed by atoms with Crippen LogP contribution in [0, 0.1) is 6.92 Å². The van der Waals surface area contributed by atoms with Crippen LogP contribution in [-0.2, 0) is 10.0 Å². The number of aromatic nitrogens is 1. The number of aryl methyl sites for hydroxylation is 1. The molecule has 1 aromatic heterocycles. The minimum Gasteiger partial charge on any atom is -0.495 e. The highest BCUT2D eigenvalue weighted by molar-refractivity contribution is 9.10. The maximum atomic E-state index is 12.5. The zero-order valence-corrected chi connectivity index (χ0v) is 14.4. The fraction of sp³-hybridized carbons (Fsp3) is 0.154. The Morgan fingerprint density at radius 1 is 1.33 bits per heavy atom. The molecule has 2 rings (SSSR count). The number of hydrogen-bond acceptors (Lipinski definition) is 4. The zero-order valence-electron chi connectivity index (χ0n) is 11.2. The molecule has 0 aliphatic rings. The van der Waals surface area contributed by atoms with E-state index < -0.39 is 10.0 Å². The third-order valence-corrected chi connectivity index (χ3v) is 4.92. The highest BCUT2D eigenvalue weighted by Crippen LogP contribution is 2.31. The summed E-state index contributed by atoms with van der Waals surface area (Å²) in [6.45, 7) is 1.74. The Hall–Kier alpha value is -1.31. The Balaban J connectivity index is 2.51. The topological polar surface area (TPSA) is 68.3 Å². The van der Waals surface area contributed by atoms with Gasteiger partial charge in [-0.1, -0.05) is 27.5 Å². The number of pyridine rings is 1. The summed E-state index contributed by atoms with van der Waals surface area (Å²) in [5.41, 5.74) is 0.925. The molecule has 0 saturated heterocycles. The molecule has 0 aliphatic heterocycles. The molecule has 0 aliphatic carbocycles. The summed E-state index contributed by atoms with van der Waals surface area (Å²) in [4.78, 5) is 3.89. The molecule has 8 heteroatoms. The number of benzene rings is 1. The van der Waals surface area contributed by atoms with E-state index in [-0.39, 0.29) is 21.5 Å². The Kier molecular flexibility index (Phi) is 4.75. The summed E-state index contributed by atoms with van der Waals surface area (Å²) < 4.78 is 33.2. The van der Waals surface area contributed by atoms with E-state index in [1.807, 2.05) is 0 Å². The SMILES string of the molecule is COc1ccc(Br)cc1S(=O)(=O)Nc1c(C)ccnc1Cl. The van der Waals surface area contributed by atoms with E-state index in [9.17, 15) is 8.42 Å².